The summed E-state index contributed by atoms with van der Waals surface area (Å²) in [7, 11) is 0. The lowest BCUT2D eigenvalue weighted by atomic mass is 10.1. The Bertz CT molecular complexity index is 858. The van der Waals surface area contributed by atoms with Crippen molar-refractivity contribution in [3.8, 4) is 0 Å². The molecule has 3 rings (SSSR count). The number of nitrogens with zero attached hydrogens (tertiary/aromatic N) is 3. The zero-order chi connectivity index (χ0) is 19.4. The zero-order valence-corrected chi connectivity index (χ0v) is 15.3. The number of amides is 3. The van der Waals surface area contributed by atoms with E-state index in [0.717, 1.165) is 12.8 Å². The number of carbonyl (C=O) groups excluding carboxylic acids is 3. The molecule has 3 amide bonds. The van der Waals surface area contributed by atoms with Gasteiger partial charge in [-0.1, -0.05) is 13.3 Å². The van der Waals surface area contributed by atoms with Crippen LogP contribution in [0.5, 0.6) is 0 Å². The van der Waals surface area contributed by atoms with E-state index in [-0.39, 0.29) is 24.1 Å². The molecule has 2 aromatic rings. The summed E-state index contributed by atoms with van der Waals surface area (Å²) >= 11 is 0. The fourth-order valence-corrected chi connectivity index (χ4v) is 2.82. The van der Waals surface area contributed by atoms with Gasteiger partial charge in [-0.05, 0) is 30.7 Å². The second kappa shape index (κ2) is 7.98. The van der Waals surface area contributed by atoms with Crippen molar-refractivity contribution in [3.05, 3.63) is 30.1 Å². The maximum atomic E-state index is 12.7. The molecule has 0 radical (unpaired) electrons. The van der Waals surface area contributed by atoms with E-state index in [0.29, 0.717) is 29.6 Å². The van der Waals surface area contributed by atoms with E-state index in [2.05, 4.69) is 33.0 Å². The van der Waals surface area contributed by atoms with Gasteiger partial charge in [0, 0.05) is 24.7 Å². The molecule has 0 unspecified atom stereocenters. The number of unbranched alkanes of at least 4 members (excludes halogenated alkanes) is 1. The van der Waals surface area contributed by atoms with Gasteiger partial charge < -0.3 is 10.6 Å². The molecule has 1 atom stereocenters. The average molecular weight is 370 g/mol. The van der Waals surface area contributed by atoms with Crippen LogP contribution in [0, 0.1) is 0 Å². The molecule has 1 aromatic heterocycles. The number of hydrogen-bond acceptors (Lipinski definition) is 5. The third-order valence-corrected chi connectivity index (χ3v) is 4.13. The van der Waals surface area contributed by atoms with Gasteiger partial charge in [0.25, 0.3) is 0 Å². The van der Waals surface area contributed by atoms with Gasteiger partial charge in [-0.25, -0.2) is 4.68 Å². The normalized spacial score (nSPS) is 15.6. The minimum atomic E-state index is -0.758. The Kier molecular flexibility index (Phi) is 5.49. The number of carbonyl (C=O) groups is 3. The molecular formula is C18H22N6O3. The van der Waals surface area contributed by atoms with Crippen LogP contribution < -0.4 is 16.0 Å². The lowest BCUT2D eigenvalue weighted by Gasteiger charge is -2.22. The van der Waals surface area contributed by atoms with E-state index < -0.39 is 6.04 Å². The van der Waals surface area contributed by atoms with E-state index in [9.17, 15) is 14.4 Å². The fraction of sp³-hybridized carbons (Fsp3) is 0.389. The van der Waals surface area contributed by atoms with Crippen LogP contribution in [-0.2, 0) is 20.8 Å². The molecule has 142 valence electrons. The number of hydrogen-bond donors (Lipinski definition) is 3. The van der Waals surface area contributed by atoms with Crippen molar-refractivity contribution >= 4 is 35.0 Å². The summed E-state index contributed by atoms with van der Waals surface area (Å²) in [5.74, 6) is 0.144. The van der Waals surface area contributed by atoms with E-state index in [4.69, 9.17) is 0 Å². The SMILES string of the molecule is CCCCc1nc2n(n1)[C@H](C(=O)Nc1ccc(NC(C)=O)cc1)CC(=O)N2. The molecule has 0 fully saturated rings. The Morgan fingerprint density at radius 3 is 2.52 bits per heavy atom. The molecule has 3 N–H and O–H groups in total. The monoisotopic (exact) mass is 370 g/mol. The second-order valence-electron chi connectivity index (χ2n) is 6.42. The van der Waals surface area contributed by atoms with Crippen molar-refractivity contribution in [2.24, 2.45) is 0 Å². The highest BCUT2D eigenvalue weighted by molar-refractivity contribution is 6.00. The first kappa shape index (κ1) is 18.6. The van der Waals surface area contributed by atoms with Gasteiger partial charge in [0.2, 0.25) is 23.7 Å². The number of rotatable bonds is 6. The fourth-order valence-electron chi connectivity index (χ4n) is 2.82. The quantitative estimate of drug-likeness (QED) is 0.720. The first-order valence-electron chi connectivity index (χ1n) is 8.90. The lowest BCUT2D eigenvalue weighted by Crippen LogP contribution is -2.36. The van der Waals surface area contributed by atoms with E-state index in [1.807, 2.05) is 0 Å². The molecule has 1 aliphatic rings. The maximum Gasteiger partial charge on any atom is 0.249 e. The van der Waals surface area contributed by atoms with Crippen LogP contribution in [0.25, 0.3) is 0 Å². The molecular weight excluding hydrogens is 348 g/mol. The molecule has 0 spiro atoms. The van der Waals surface area contributed by atoms with Crippen molar-refractivity contribution < 1.29 is 14.4 Å². The molecule has 0 aliphatic carbocycles. The summed E-state index contributed by atoms with van der Waals surface area (Å²) in [5, 5.41) is 12.5. The molecule has 2 heterocycles. The van der Waals surface area contributed by atoms with Gasteiger partial charge in [0.05, 0.1) is 6.42 Å². The van der Waals surface area contributed by atoms with Crippen LogP contribution in [0.3, 0.4) is 0 Å². The molecule has 0 bridgehead atoms. The first-order chi connectivity index (χ1) is 13.0. The van der Waals surface area contributed by atoms with Crippen molar-refractivity contribution in [1.29, 1.82) is 0 Å². The molecule has 0 saturated heterocycles. The molecule has 0 saturated carbocycles. The highest BCUT2D eigenvalue weighted by atomic mass is 16.2. The van der Waals surface area contributed by atoms with Gasteiger partial charge in [0.15, 0.2) is 5.82 Å². The van der Waals surface area contributed by atoms with E-state index in [1.54, 1.807) is 24.3 Å². The topological polar surface area (TPSA) is 118 Å². The summed E-state index contributed by atoms with van der Waals surface area (Å²) in [6.45, 7) is 3.50. The molecule has 1 aromatic carbocycles. The van der Waals surface area contributed by atoms with Gasteiger partial charge >= 0.3 is 0 Å². The minimum Gasteiger partial charge on any atom is -0.326 e. The summed E-state index contributed by atoms with van der Waals surface area (Å²) in [6.07, 6.45) is 2.65. The van der Waals surface area contributed by atoms with Crippen LogP contribution in [0.1, 0.15) is 45.0 Å². The second-order valence-corrected chi connectivity index (χ2v) is 6.42. The molecule has 9 heteroatoms. The Hall–Kier alpha value is -3.23. The van der Waals surface area contributed by atoms with Crippen LogP contribution >= 0.6 is 0 Å². The first-order valence-corrected chi connectivity index (χ1v) is 8.90. The Balaban J connectivity index is 1.74. The van der Waals surface area contributed by atoms with Crippen molar-refractivity contribution in [2.75, 3.05) is 16.0 Å². The Morgan fingerprint density at radius 2 is 1.89 bits per heavy atom. The number of aryl methyl sites for hydroxylation is 1. The average Bonchev–Trinajstić information content (AvgIpc) is 3.03. The van der Waals surface area contributed by atoms with Crippen molar-refractivity contribution in [2.45, 2.75) is 45.6 Å². The summed E-state index contributed by atoms with van der Waals surface area (Å²) < 4.78 is 1.48. The molecule has 9 nitrogen and oxygen atoms in total. The largest absolute Gasteiger partial charge is 0.326 e. The zero-order valence-electron chi connectivity index (χ0n) is 15.3. The number of benzene rings is 1. The third kappa shape index (κ3) is 4.49. The van der Waals surface area contributed by atoms with Gasteiger partial charge in [-0.15, -0.1) is 0 Å². The highest BCUT2D eigenvalue weighted by Crippen LogP contribution is 2.25. The standard InChI is InChI=1S/C18H22N6O3/c1-3-4-5-15-21-18-22-16(26)10-14(24(18)23-15)17(27)20-13-8-6-12(7-9-13)19-11(2)25/h6-9,14H,3-5,10H2,1-2H3,(H,19,25)(H,20,27)(H,21,22,23,26)/t14-/m0/s1. The molecule has 27 heavy (non-hydrogen) atoms. The predicted molar refractivity (Wildman–Crippen MR) is 100 cm³/mol. The van der Waals surface area contributed by atoms with Crippen LogP contribution in [0.15, 0.2) is 24.3 Å². The van der Waals surface area contributed by atoms with Crippen LogP contribution in [0.4, 0.5) is 17.3 Å². The number of anilines is 3. The predicted octanol–water partition coefficient (Wildman–Crippen LogP) is 2.10. The van der Waals surface area contributed by atoms with Crippen molar-refractivity contribution in [3.63, 3.8) is 0 Å². The van der Waals surface area contributed by atoms with Gasteiger partial charge in [-0.3, -0.25) is 19.7 Å². The lowest BCUT2D eigenvalue weighted by molar-refractivity contribution is -0.125. The number of fused-ring (bicyclic) bond motifs is 1. The van der Waals surface area contributed by atoms with Crippen LogP contribution in [0.2, 0.25) is 0 Å². The maximum absolute atomic E-state index is 12.7. The summed E-state index contributed by atoms with van der Waals surface area (Å²) in [5.41, 5.74) is 1.20. The van der Waals surface area contributed by atoms with E-state index in [1.165, 1.54) is 11.6 Å². The minimum absolute atomic E-state index is 0.000608. The summed E-state index contributed by atoms with van der Waals surface area (Å²) in [6, 6.07) is 5.98. The molecule has 1 aliphatic heterocycles. The third-order valence-electron chi connectivity index (χ3n) is 4.13. The highest BCUT2D eigenvalue weighted by Gasteiger charge is 2.33. The Labute approximate surface area is 156 Å². The van der Waals surface area contributed by atoms with Gasteiger partial charge in [0.1, 0.15) is 6.04 Å². The van der Waals surface area contributed by atoms with Crippen LogP contribution in [-0.4, -0.2) is 32.5 Å². The van der Waals surface area contributed by atoms with E-state index >= 15 is 0 Å². The number of aromatic nitrogens is 3. The smallest absolute Gasteiger partial charge is 0.249 e. The Morgan fingerprint density at radius 1 is 1.22 bits per heavy atom. The number of nitrogens with one attached hydrogen (secondary N) is 3. The summed E-state index contributed by atoms with van der Waals surface area (Å²) in [4.78, 5) is 40.0. The van der Waals surface area contributed by atoms with Crippen molar-refractivity contribution in [1.82, 2.24) is 14.8 Å². The van der Waals surface area contributed by atoms with Gasteiger partial charge in [-0.2, -0.15) is 10.1 Å².